The molecule has 0 saturated heterocycles. The third-order valence-corrected chi connectivity index (χ3v) is 4.98. The van der Waals surface area contributed by atoms with Gasteiger partial charge in [0.1, 0.15) is 9.09 Å². The number of carbonyl (C=O) groups is 1. The zero-order valence-corrected chi connectivity index (χ0v) is 11.6. The highest BCUT2D eigenvalue weighted by Crippen LogP contribution is 2.33. The van der Waals surface area contributed by atoms with E-state index in [1.165, 1.54) is 13.2 Å². The van der Waals surface area contributed by atoms with Crippen LogP contribution in [0.2, 0.25) is 0 Å². The van der Waals surface area contributed by atoms with Crippen LogP contribution in [-0.4, -0.2) is 21.5 Å². The van der Waals surface area contributed by atoms with Gasteiger partial charge < -0.3 is 4.74 Å². The zero-order valence-electron chi connectivity index (χ0n) is 9.99. The maximum absolute atomic E-state index is 11.7. The monoisotopic (exact) mass is 297 g/mol. The standard InChI is InChI=1S/C12H11NO4S2/c1-17-12(14)11-9(8-5-3-2-4-6-8)7-10(18-11)19(13,15)16/h2-7H,1H3,(H2,13,15,16). The Kier molecular flexibility index (Phi) is 3.70. The fourth-order valence-electron chi connectivity index (χ4n) is 1.59. The minimum Gasteiger partial charge on any atom is -0.465 e. The van der Waals surface area contributed by atoms with E-state index in [9.17, 15) is 13.2 Å². The van der Waals surface area contributed by atoms with E-state index in [2.05, 4.69) is 4.74 Å². The summed E-state index contributed by atoms with van der Waals surface area (Å²) in [5.41, 5.74) is 1.23. The molecule has 100 valence electrons. The Morgan fingerprint density at radius 1 is 1.26 bits per heavy atom. The first-order chi connectivity index (χ1) is 8.93. The third kappa shape index (κ3) is 2.83. The molecule has 0 aliphatic heterocycles. The minimum absolute atomic E-state index is 0.0632. The average molecular weight is 297 g/mol. The van der Waals surface area contributed by atoms with Crippen molar-refractivity contribution >= 4 is 27.3 Å². The minimum atomic E-state index is -3.84. The van der Waals surface area contributed by atoms with E-state index < -0.39 is 16.0 Å². The SMILES string of the molecule is COC(=O)c1sc(S(N)(=O)=O)cc1-c1ccccc1. The number of carbonyl (C=O) groups excluding carboxylic acids is 1. The second-order valence-electron chi connectivity index (χ2n) is 3.71. The smallest absolute Gasteiger partial charge is 0.348 e. The number of nitrogens with two attached hydrogens (primary N) is 1. The Hall–Kier alpha value is -1.70. The van der Waals surface area contributed by atoms with E-state index in [1.54, 1.807) is 24.3 Å². The fraction of sp³-hybridized carbons (Fsp3) is 0.0833. The van der Waals surface area contributed by atoms with Gasteiger partial charge in [-0.15, -0.1) is 11.3 Å². The quantitative estimate of drug-likeness (QED) is 0.876. The van der Waals surface area contributed by atoms with E-state index in [4.69, 9.17) is 5.14 Å². The summed E-state index contributed by atoms with van der Waals surface area (Å²) in [6.45, 7) is 0. The first kappa shape index (κ1) is 13.7. The number of rotatable bonds is 3. The first-order valence-corrected chi connectivity index (χ1v) is 7.60. The van der Waals surface area contributed by atoms with Gasteiger partial charge >= 0.3 is 5.97 Å². The summed E-state index contributed by atoms with van der Waals surface area (Å²) in [6, 6.07) is 10.4. The van der Waals surface area contributed by atoms with E-state index in [1.807, 2.05) is 6.07 Å². The highest BCUT2D eigenvalue weighted by Gasteiger charge is 2.22. The van der Waals surface area contributed by atoms with Crippen LogP contribution in [-0.2, 0) is 14.8 Å². The molecule has 0 atom stereocenters. The zero-order chi connectivity index (χ0) is 14.0. The van der Waals surface area contributed by atoms with Crippen LogP contribution in [0, 0.1) is 0 Å². The van der Waals surface area contributed by atoms with Gasteiger partial charge in [-0.2, -0.15) is 0 Å². The van der Waals surface area contributed by atoms with Crippen LogP contribution in [0.5, 0.6) is 0 Å². The number of hydrogen-bond donors (Lipinski definition) is 1. The third-order valence-electron chi connectivity index (χ3n) is 2.45. The number of hydrogen-bond acceptors (Lipinski definition) is 5. The number of thiophene rings is 1. The maximum Gasteiger partial charge on any atom is 0.348 e. The number of primary sulfonamides is 1. The molecule has 0 aliphatic rings. The summed E-state index contributed by atoms with van der Waals surface area (Å²) in [4.78, 5) is 11.9. The van der Waals surface area contributed by atoms with Gasteiger partial charge in [-0.25, -0.2) is 18.4 Å². The maximum atomic E-state index is 11.7. The molecule has 2 aromatic rings. The lowest BCUT2D eigenvalue weighted by Gasteiger charge is -2.01. The number of esters is 1. The lowest BCUT2D eigenvalue weighted by Crippen LogP contribution is -2.10. The van der Waals surface area contributed by atoms with Crippen molar-refractivity contribution in [2.45, 2.75) is 4.21 Å². The van der Waals surface area contributed by atoms with Gasteiger partial charge in [-0.05, 0) is 11.6 Å². The molecule has 0 radical (unpaired) electrons. The normalized spacial score (nSPS) is 11.3. The Bertz CT molecular complexity index is 705. The molecule has 0 spiro atoms. The predicted octanol–water partition coefficient (Wildman–Crippen LogP) is 1.85. The van der Waals surface area contributed by atoms with E-state index in [-0.39, 0.29) is 9.09 Å². The highest BCUT2D eigenvalue weighted by molar-refractivity contribution is 7.91. The summed E-state index contributed by atoms with van der Waals surface area (Å²) >= 11 is 0.806. The molecule has 0 fully saturated rings. The van der Waals surface area contributed by atoms with Crippen LogP contribution >= 0.6 is 11.3 Å². The van der Waals surface area contributed by atoms with Crippen LogP contribution in [0.4, 0.5) is 0 Å². The summed E-state index contributed by atoms with van der Waals surface area (Å²) in [5.74, 6) is -0.584. The molecule has 19 heavy (non-hydrogen) atoms. The van der Waals surface area contributed by atoms with Gasteiger partial charge in [0.2, 0.25) is 10.0 Å². The van der Waals surface area contributed by atoms with Crippen molar-refractivity contribution in [1.29, 1.82) is 0 Å². The van der Waals surface area contributed by atoms with Gasteiger partial charge in [0.05, 0.1) is 7.11 Å². The van der Waals surface area contributed by atoms with Crippen molar-refractivity contribution in [3.8, 4) is 11.1 Å². The number of ether oxygens (including phenoxy) is 1. The molecular weight excluding hydrogens is 286 g/mol. The van der Waals surface area contributed by atoms with Crippen LogP contribution in [0.15, 0.2) is 40.6 Å². The lowest BCUT2D eigenvalue weighted by atomic mass is 10.1. The van der Waals surface area contributed by atoms with Gasteiger partial charge in [-0.1, -0.05) is 30.3 Å². The molecule has 0 aliphatic carbocycles. The van der Waals surface area contributed by atoms with Crippen LogP contribution in [0.1, 0.15) is 9.67 Å². The Labute approximate surface area is 114 Å². The number of methoxy groups -OCH3 is 1. The Balaban J connectivity index is 2.65. The topological polar surface area (TPSA) is 86.5 Å². The van der Waals surface area contributed by atoms with Crippen molar-refractivity contribution in [2.75, 3.05) is 7.11 Å². The number of sulfonamides is 1. The lowest BCUT2D eigenvalue weighted by molar-refractivity contribution is 0.0607. The molecule has 5 nitrogen and oxygen atoms in total. The van der Waals surface area contributed by atoms with Gasteiger partial charge in [-0.3, -0.25) is 0 Å². The second kappa shape index (κ2) is 5.12. The van der Waals surface area contributed by atoms with Crippen molar-refractivity contribution in [2.24, 2.45) is 5.14 Å². The molecule has 1 heterocycles. The molecule has 1 aromatic heterocycles. The summed E-state index contributed by atoms with van der Waals surface area (Å²) in [7, 11) is -2.60. The van der Waals surface area contributed by atoms with Crippen LogP contribution in [0.25, 0.3) is 11.1 Å². The molecule has 0 unspecified atom stereocenters. The van der Waals surface area contributed by atoms with E-state index >= 15 is 0 Å². The van der Waals surface area contributed by atoms with Crippen LogP contribution < -0.4 is 5.14 Å². The molecule has 0 bridgehead atoms. The first-order valence-electron chi connectivity index (χ1n) is 5.24. The summed E-state index contributed by atoms with van der Waals surface area (Å²) in [5, 5.41) is 5.09. The van der Waals surface area contributed by atoms with Crippen LogP contribution in [0.3, 0.4) is 0 Å². The Morgan fingerprint density at radius 2 is 1.89 bits per heavy atom. The van der Waals surface area contributed by atoms with Crippen molar-refractivity contribution in [3.63, 3.8) is 0 Å². The van der Waals surface area contributed by atoms with Crippen molar-refractivity contribution < 1.29 is 17.9 Å². The van der Waals surface area contributed by atoms with E-state index in [0.717, 1.165) is 16.9 Å². The predicted molar refractivity (Wildman–Crippen MR) is 72.5 cm³/mol. The van der Waals surface area contributed by atoms with E-state index in [0.29, 0.717) is 5.56 Å². The second-order valence-corrected chi connectivity index (χ2v) is 6.55. The van der Waals surface area contributed by atoms with Gasteiger partial charge in [0.25, 0.3) is 0 Å². The molecule has 2 rings (SSSR count). The highest BCUT2D eigenvalue weighted by atomic mass is 32.2. The molecule has 7 heteroatoms. The molecule has 0 amide bonds. The van der Waals surface area contributed by atoms with Crippen molar-refractivity contribution in [3.05, 3.63) is 41.3 Å². The number of benzene rings is 1. The van der Waals surface area contributed by atoms with Gasteiger partial charge in [0, 0.05) is 5.56 Å². The molecule has 2 N–H and O–H groups in total. The summed E-state index contributed by atoms with van der Waals surface area (Å²) in [6.07, 6.45) is 0. The Morgan fingerprint density at radius 3 is 2.42 bits per heavy atom. The molecular formula is C12H11NO4S2. The fourth-order valence-corrected chi connectivity index (χ4v) is 3.41. The largest absolute Gasteiger partial charge is 0.465 e. The summed E-state index contributed by atoms with van der Waals surface area (Å²) < 4.78 is 27.4. The van der Waals surface area contributed by atoms with Gasteiger partial charge in [0.15, 0.2) is 0 Å². The van der Waals surface area contributed by atoms with Crippen molar-refractivity contribution in [1.82, 2.24) is 0 Å². The molecule has 1 aromatic carbocycles. The molecule has 0 saturated carbocycles. The average Bonchev–Trinajstić information content (AvgIpc) is 2.83.